The van der Waals surface area contributed by atoms with Gasteiger partial charge in [-0.05, 0) is 55.6 Å². The molecule has 0 aliphatic carbocycles. The topological polar surface area (TPSA) is 39.1 Å². The molecule has 19 heavy (non-hydrogen) atoms. The Bertz CT molecular complexity index is 413. The van der Waals surface area contributed by atoms with Crippen LogP contribution in [0.2, 0.25) is 0 Å². The Morgan fingerprint density at radius 2 is 2.37 bits per heavy atom. The second kappa shape index (κ2) is 6.86. The van der Waals surface area contributed by atoms with Crippen LogP contribution in [0.15, 0.2) is 4.47 Å². The molecule has 0 spiro atoms. The van der Waals surface area contributed by atoms with Crippen molar-refractivity contribution in [3.8, 4) is 0 Å². The SMILES string of the molecule is CNC(CCC1CCCO1)Cc1c(Br)c(C)nn1C. The lowest BCUT2D eigenvalue weighted by atomic mass is 10.0. The van der Waals surface area contributed by atoms with Gasteiger partial charge in [0.2, 0.25) is 0 Å². The van der Waals surface area contributed by atoms with Crippen LogP contribution in [0.1, 0.15) is 37.1 Å². The van der Waals surface area contributed by atoms with E-state index in [9.17, 15) is 0 Å². The van der Waals surface area contributed by atoms with Crippen LogP contribution in [0.5, 0.6) is 0 Å². The number of aromatic nitrogens is 2. The normalized spacial score (nSPS) is 20.9. The van der Waals surface area contributed by atoms with Crippen molar-refractivity contribution in [1.82, 2.24) is 15.1 Å². The number of hydrogen-bond acceptors (Lipinski definition) is 3. The predicted molar refractivity (Wildman–Crippen MR) is 80.4 cm³/mol. The number of rotatable bonds is 6. The van der Waals surface area contributed by atoms with Gasteiger partial charge in [-0.25, -0.2) is 0 Å². The van der Waals surface area contributed by atoms with Gasteiger partial charge in [0.1, 0.15) is 0 Å². The first-order chi connectivity index (χ1) is 9.11. The van der Waals surface area contributed by atoms with Gasteiger partial charge in [0.15, 0.2) is 0 Å². The van der Waals surface area contributed by atoms with Crippen molar-refractivity contribution in [3.05, 3.63) is 15.9 Å². The van der Waals surface area contributed by atoms with Crippen molar-refractivity contribution in [3.63, 3.8) is 0 Å². The molecular formula is C14H24BrN3O. The Balaban J connectivity index is 1.90. The summed E-state index contributed by atoms with van der Waals surface area (Å²) in [4.78, 5) is 0. The molecule has 1 aromatic heterocycles. The molecule has 1 aliphatic heterocycles. The Labute approximate surface area is 124 Å². The molecule has 2 unspecified atom stereocenters. The summed E-state index contributed by atoms with van der Waals surface area (Å²) in [6.45, 7) is 2.98. The van der Waals surface area contributed by atoms with Crippen LogP contribution in [-0.2, 0) is 18.2 Å². The van der Waals surface area contributed by atoms with Crippen LogP contribution >= 0.6 is 15.9 Å². The summed E-state index contributed by atoms with van der Waals surface area (Å²) in [6, 6.07) is 0.482. The molecule has 0 radical (unpaired) electrons. The Hall–Kier alpha value is -0.390. The predicted octanol–water partition coefficient (Wildman–Crippen LogP) is 2.58. The molecule has 1 aromatic rings. The van der Waals surface area contributed by atoms with Crippen LogP contribution in [0.3, 0.4) is 0 Å². The lowest BCUT2D eigenvalue weighted by Crippen LogP contribution is -2.29. The van der Waals surface area contributed by atoms with Crippen LogP contribution in [0.4, 0.5) is 0 Å². The van der Waals surface area contributed by atoms with Gasteiger partial charge in [0.05, 0.1) is 22.0 Å². The van der Waals surface area contributed by atoms with E-state index in [0.29, 0.717) is 12.1 Å². The third-order valence-electron chi connectivity index (χ3n) is 3.97. The molecule has 0 amide bonds. The van der Waals surface area contributed by atoms with E-state index in [0.717, 1.165) is 36.0 Å². The Kier molecular flexibility index (Phi) is 5.42. The third-order valence-corrected chi connectivity index (χ3v) is 5.00. The van der Waals surface area contributed by atoms with Crippen molar-refractivity contribution >= 4 is 15.9 Å². The second-order valence-corrected chi connectivity index (χ2v) is 6.16. The molecule has 1 N–H and O–H groups in total. The maximum Gasteiger partial charge on any atom is 0.0738 e. The highest BCUT2D eigenvalue weighted by atomic mass is 79.9. The van der Waals surface area contributed by atoms with E-state index in [1.165, 1.54) is 18.5 Å². The van der Waals surface area contributed by atoms with E-state index in [-0.39, 0.29) is 0 Å². The van der Waals surface area contributed by atoms with E-state index in [1.807, 2.05) is 25.7 Å². The lowest BCUT2D eigenvalue weighted by Gasteiger charge is -2.18. The number of nitrogens with one attached hydrogen (secondary N) is 1. The molecule has 2 rings (SSSR count). The summed E-state index contributed by atoms with van der Waals surface area (Å²) < 4.78 is 8.82. The van der Waals surface area contributed by atoms with Gasteiger partial charge in [-0.1, -0.05) is 0 Å². The van der Waals surface area contributed by atoms with Crippen molar-refractivity contribution in [2.45, 2.75) is 51.2 Å². The lowest BCUT2D eigenvalue weighted by molar-refractivity contribution is 0.0997. The van der Waals surface area contributed by atoms with E-state index < -0.39 is 0 Å². The van der Waals surface area contributed by atoms with E-state index >= 15 is 0 Å². The van der Waals surface area contributed by atoms with E-state index in [2.05, 4.69) is 26.3 Å². The first kappa shape index (κ1) is 15.0. The van der Waals surface area contributed by atoms with Gasteiger partial charge >= 0.3 is 0 Å². The number of aryl methyl sites for hydroxylation is 2. The minimum atomic E-state index is 0.479. The fourth-order valence-corrected chi connectivity index (χ4v) is 3.24. The standard InChI is InChI=1S/C14H24BrN3O/c1-10-14(15)13(18(3)17-10)9-11(16-2)6-7-12-5-4-8-19-12/h11-12,16H,4-9H2,1-3H3. The highest BCUT2D eigenvalue weighted by molar-refractivity contribution is 9.10. The third kappa shape index (κ3) is 3.80. The van der Waals surface area contributed by atoms with Gasteiger partial charge in [-0.2, -0.15) is 5.10 Å². The van der Waals surface area contributed by atoms with Gasteiger partial charge < -0.3 is 10.1 Å². The van der Waals surface area contributed by atoms with Crippen LogP contribution < -0.4 is 5.32 Å². The molecule has 1 fully saturated rings. The number of nitrogens with zero attached hydrogens (tertiary/aromatic N) is 2. The minimum Gasteiger partial charge on any atom is -0.378 e. The highest BCUT2D eigenvalue weighted by Gasteiger charge is 2.19. The van der Waals surface area contributed by atoms with Crippen molar-refractivity contribution in [1.29, 1.82) is 0 Å². The fourth-order valence-electron chi connectivity index (χ4n) is 2.74. The highest BCUT2D eigenvalue weighted by Crippen LogP contribution is 2.23. The molecule has 0 aromatic carbocycles. The number of hydrogen-bond donors (Lipinski definition) is 1. The van der Waals surface area contributed by atoms with E-state index in [4.69, 9.17) is 4.74 Å². The maximum absolute atomic E-state index is 5.70. The summed E-state index contributed by atoms with van der Waals surface area (Å²) in [5.74, 6) is 0. The zero-order valence-corrected chi connectivity index (χ0v) is 13.7. The molecule has 5 heteroatoms. The zero-order valence-electron chi connectivity index (χ0n) is 12.1. The van der Waals surface area contributed by atoms with Gasteiger partial charge in [0.25, 0.3) is 0 Å². The average molecular weight is 330 g/mol. The Morgan fingerprint density at radius 3 is 2.89 bits per heavy atom. The zero-order chi connectivity index (χ0) is 13.8. The monoisotopic (exact) mass is 329 g/mol. The van der Waals surface area contributed by atoms with Crippen molar-refractivity contribution in [2.75, 3.05) is 13.7 Å². The average Bonchev–Trinajstić information content (AvgIpc) is 2.98. The molecule has 1 aliphatic rings. The first-order valence-corrected chi connectivity index (χ1v) is 7.88. The second-order valence-electron chi connectivity index (χ2n) is 5.37. The largest absolute Gasteiger partial charge is 0.378 e. The molecule has 1 saturated heterocycles. The number of ether oxygens (including phenoxy) is 1. The van der Waals surface area contributed by atoms with Gasteiger partial charge in [-0.3, -0.25) is 4.68 Å². The number of likely N-dealkylation sites (N-methyl/N-ethyl adjacent to an activating group) is 1. The molecule has 2 atom stereocenters. The van der Waals surface area contributed by atoms with Crippen molar-refractivity contribution in [2.24, 2.45) is 7.05 Å². The summed E-state index contributed by atoms with van der Waals surface area (Å²) >= 11 is 3.64. The van der Waals surface area contributed by atoms with Crippen LogP contribution in [0, 0.1) is 6.92 Å². The minimum absolute atomic E-state index is 0.479. The van der Waals surface area contributed by atoms with Crippen LogP contribution in [-0.4, -0.2) is 35.6 Å². The van der Waals surface area contributed by atoms with Gasteiger partial charge in [0, 0.05) is 26.1 Å². The van der Waals surface area contributed by atoms with Crippen LogP contribution in [0.25, 0.3) is 0 Å². The fraction of sp³-hybridized carbons (Fsp3) is 0.786. The molecule has 4 nitrogen and oxygen atoms in total. The first-order valence-electron chi connectivity index (χ1n) is 7.08. The Morgan fingerprint density at radius 1 is 1.58 bits per heavy atom. The van der Waals surface area contributed by atoms with Crippen molar-refractivity contribution < 1.29 is 4.74 Å². The quantitative estimate of drug-likeness (QED) is 0.871. The summed E-state index contributed by atoms with van der Waals surface area (Å²) in [5.41, 5.74) is 2.33. The maximum atomic E-state index is 5.70. The molecular weight excluding hydrogens is 306 g/mol. The van der Waals surface area contributed by atoms with Gasteiger partial charge in [-0.15, -0.1) is 0 Å². The molecule has 108 valence electrons. The molecule has 0 bridgehead atoms. The molecule has 2 heterocycles. The summed E-state index contributed by atoms with van der Waals surface area (Å²) in [7, 11) is 4.05. The smallest absolute Gasteiger partial charge is 0.0738 e. The molecule has 0 saturated carbocycles. The summed E-state index contributed by atoms with van der Waals surface area (Å²) in [5, 5.41) is 7.87. The summed E-state index contributed by atoms with van der Waals surface area (Å²) in [6.07, 6.45) is 6.23. The van der Waals surface area contributed by atoms with E-state index in [1.54, 1.807) is 0 Å². The number of halogens is 1.